The molecule has 172 valence electrons. The lowest BCUT2D eigenvalue weighted by molar-refractivity contribution is -0.143. The third kappa shape index (κ3) is 4.38. The van der Waals surface area contributed by atoms with E-state index in [1.165, 1.54) is 22.7 Å². The smallest absolute Gasteiger partial charge is 0.338 e. The van der Waals surface area contributed by atoms with Crippen molar-refractivity contribution < 1.29 is 19.0 Å². The van der Waals surface area contributed by atoms with Gasteiger partial charge in [0.1, 0.15) is 6.04 Å². The molecule has 1 aliphatic heterocycles. The van der Waals surface area contributed by atoms with Crippen molar-refractivity contribution in [3.05, 3.63) is 77.1 Å². The molecule has 1 unspecified atom stereocenters. The SMILES string of the molecule is COc1ccc(/C=c2/sc3n(c2=O)C(c2cccs2)C(C(=O)OC(C)C)=C(C)N=3)cc1OC. The Hall–Kier alpha value is -3.17. The Labute approximate surface area is 198 Å². The van der Waals surface area contributed by atoms with E-state index in [0.29, 0.717) is 32.1 Å². The molecule has 0 aliphatic carbocycles. The van der Waals surface area contributed by atoms with Gasteiger partial charge in [-0.05, 0) is 56.0 Å². The number of allylic oxidation sites excluding steroid dienone is 1. The van der Waals surface area contributed by atoms with E-state index < -0.39 is 12.0 Å². The Morgan fingerprint density at radius 2 is 1.94 bits per heavy atom. The fraction of sp³-hybridized carbons (Fsp3) is 0.292. The van der Waals surface area contributed by atoms with Crippen molar-refractivity contribution in [1.82, 2.24) is 4.57 Å². The van der Waals surface area contributed by atoms with Crippen LogP contribution in [-0.4, -0.2) is 30.9 Å². The minimum Gasteiger partial charge on any atom is -0.493 e. The second kappa shape index (κ2) is 9.36. The number of hydrogen-bond donors (Lipinski definition) is 0. The number of thiophene rings is 1. The van der Waals surface area contributed by atoms with Crippen LogP contribution in [0.2, 0.25) is 0 Å². The molecule has 33 heavy (non-hydrogen) atoms. The molecule has 0 bridgehead atoms. The van der Waals surface area contributed by atoms with E-state index >= 15 is 0 Å². The van der Waals surface area contributed by atoms with Crippen LogP contribution in [0.15, 0.2) is 56.8 Å². The van der Waals surface area contributed by atoms with Crippen LogP contribution in [0, 0.1) is 0 Å². The summed E-state index contributed by atoms with van der Waals surface area (Å²) >= 11 is 2.77. The highest BCUT2D eigenvalue weighted by atomic mass is 32.1. The van der Waals surface area contributed by atoms with Crippen molar-refractivity contribution in [3.63, 3.8) is 0 Å². The molecule has 0 saturated heterocycles. The van der Waals surface area contributed by atoms with Crippen molar-refractivity contribution in [2.45, 2.75) is 32.9 Å². The van der Waals surface area contributed by atoms with Gasteiger partial charge in [0.05, 0.1) is 36.1 Å². The van der Waals surface area contributed by atoms with Crippen molar-refractivity contribution in [1.29, 1.82) is 0 Å². The van der Waals surface area contributed by atoms with Crippen LogP contribution >= 0.6 is 22.7 Å². The van der Waals surface area contributed by atoms with Crippen LogP contribution in [0.1, 0.15) is 37.3 Å². The first-order valence-corrected chi connectivity index (χ1v) is 12.0. The second-order valence-corrected chi connectivity index (χ2v) is 9.65. The van der Waals surface area contributed by atoms with Gasteiger partial charge in [0.2, 0.25) is 0 Å². The van der Waals surface area contributed by atoms with E-state index in [2.05, 4.69) is 4.99 Å². The summed E-state index contributed by atoms with van der Waals surface area (Å²) in [6, 6.07) is 8.69. The summed E-state index contributed by atoms with van der Waals surface area (Å²) in [6.07, 6.45) is 1.51. The summed E-state index contributed by atoms with van der Waals surface area (Å²) < 4.78 is 18.3. The molecular formula is C24H24N2O5S2. The summed E-state index contributed by atoms with van der Waals surface area (Å²) in [7, 11) is 3.14. The lowest BCUT2D eigenvalue weighted by atomic mass is 10.0. The molecule has 2 aromatic heterocycles. The van der Waals surface area contributed by atoms with Crippen LogP contribution in [0.4, 0.5) is 0 Å². The summed E-state index contributed by atoms with van der Waals surface area (Å²) in [5.41, 5.74) is 1.52. The number of carbonyl (C=O) groups is 1. The minimum atomic E-state index is -0.583. The first kappa shape index (κ1) is 23.0. The van der Waals surface area contributed by atoms with Gasteiger partial charge in [0, 0.05) is 4.88 Å². The minimum absolute atomic E-state index is 0.214. The van der Waals surface area contributed by atoms with Gasteiger partial charge >= 0.3 is 5.97 Å². The first-order chi connectivity index (χ1) is 15.8. The Morgan fingerprint density at radius 1 is 1.18 bits per heavy atom. The Bertz CT molecular complexity index is 1400. The number of methoxy groups -OCH3 is 2. The maximum absolute atomic E-state index is 13.6. The zero-order valence-corrected chi connectivity index (χ0v) is 20.6. The van der Waals surface area contributed by atoms with Gasteiger partial charge in [-0.25, -0.2) is 9.79 Å². The van der Waals surface area contributed by atoms with E-state index in [4.69, 9.17) is 14.2 Å². The second-order valence-electron chi connectivity index (χ2n) is 7.67. The van der Waals surface area contributed by atoms with Crippen molar-refractivity contribution in [3.8, 4) is 11.5 Å². The van der Waals surface area contributed by atoms with Crippen molar-refractivity contribution in [2.75, 3.05) is 14.2 Å². The number of carbonyl (C=O) groups excluding carboxylic acids is 1. The van der Waals surface area contributed by atoms with Gasteiger partial charge in [-0.1, -0.05) is 23.5 Å². The highest BCUT2D eigenvalue weighted by molar-refractivity contribution is 7.10. The summed E-state index contributed by atoms with van der Waals surface area (Å²) in [6.45, 7) is 5.38. The molecule has 0 saturated carbocycles. The van der Waals surface area contributed by atoms with E-state index in [9.17, 15) is 9.59 Å². The third-order valence-electron chi connectivity index (χ3n) is 5.10. The molecule has 4 rings (SSSR count). The van der Waals surface area contributed by atoms with E-state index in [-0.39, 0.29) is 11.7 Å². The fourth-order valence-corrected chi connectivity index (χ4v) is 5.54. The van der Waals surface area contributed by atoms with E-state index in [1.54, 1.807) is 51.7 Å². The number of ether oxygens (including phenoxy) is 3. The van der Waals surface area contributed by atoms with Crippen LogP contribution in [0.25, 0.3) is 6.08 Å². The first-order valence-electron chi connectivity index (χ1n) is 10.3. The molecule has 0 spiro atoms. The average Bonchev–Trinajstić information content (AvgIpc) is 3.41. The lowest BCUT2D eigenvalue weighted by Crippen LogP contribution is -2.39. The number of benzene rings is 1. The zero-order chi connectivity index (χ0) is 23.7. The number of esters is 1. The monoisotopic (exact) mass is 484 g/mol. The van der Waals surface area contributed by atoms with Crippen molar-refractivity contribution >= 4 is 34.7 Å². The maximum atomic E-state index is 13.6. The molecule has 3 heterocycles. The molecule has 1 aromatic carbocycles. The molecule has 3 aromatic rings. The van der Waals surface area contributed by atoms with Gasteiger partial charge in [-0.2, -0.15) is 0 Å². The molecule has 1 atom stereocenters. The van der Waals surface area contributed by atoms with Crippen LogP contribution in [-0.2, 0) is 9.53 Å². The quantitative estimate of drug-likeness (QED) is 0.502. The predicted octanol–water partition coefficient (Wildman–Crippen LogP) is 3.27. The van der Waals surface area contributed by atoms with Gasteiger partial charge in [0.25, 0.3) is 5.56 Å². The van der Waals surface area contributed by atoms with Crippen LogP contribution in [0.3, 0.4) is 0 Å². The highest BCUT2D eigenvalue weighted by Gasteiger charge is 2.34. The number of nitrogens with zero attached hydrogens (tertiary/aromatic N) is 2. The summed E-state index contributed by atoms with van der Waals surface area (Å²) in [4.78, 5) is 32.6. The largest absolute Gasteiger partial charge is 0.493 e. The maximum Gasteiger partial charge on any atom is 0.338 e. The van der Waals surface area contributed by atoms with Gasteiger partial charge < -0.3 is 14.2 Å². The highest BCUT2D eigenvalue weighted by Crippen LogP contribution is 2.33. The molecule has 9 heteroatoms. The van der Waals surface area contributed by atoms with Crippen LogP contribution < -0.4 is 24.4 Å². The number of rotatable bonds is 6. The number of aromatic nitrogens is 1. The predicted molar refractivity (Wildman–Crippen MR) is 129 cm³/mol. The Balaban J connectivity index is 1.89. The average molecular weight is 485 g/mol. The molecule has 0 fully saturated rings. The fourth-order valence-electron chi connectivity index (χ4n) is 3.67. The third-order valence-corrected chi connectivity index (χ3v) is 7.01. The molecule has 1 aliphatic rings. The van der Waals surface area contributed by atoms with Crippen LogP contribution in [0.5, 0.6) is 11.5 Å². The van der Waals surface area contributed by atoms with Gasteiger partial charge in [0.15, 0.2) is 16.3 Å². The summed E-state index contributed by atoms with van der Waals surface area (Å²) in [5.74, 6) is 0.724. The Morgan fingerprint density at radius 3 is 2.58 bits per heavy atom. The number of thiazole rings is 1. The summed E-state index contributed by atoms with van der Waals surface area (Å²) in [5, 5.41) is 1.93. The molecular weight excluding hydrogens is 460 g/mol. The van der Waals surface area contributed by atoms with E-state index in [0.717, 1.165) is 10.4 Å². The molecule has 0 radical (unpaired) electrons. The standard InChI is InChI=1S/C24H24N2O5S2/c1-13(2)31-23(28)20-14(3)25-24-26(21(20)18-7-6-10-32-18)22(27)19(33-24)12-15-8-9-16(29-4)17(11-15)30-5/h6-13,21H,1-5H3/b19-12+. The van der Waals surface area contributed by atoms with E-state index in [1.807, 2.05) is 29.6 Å². The zero-order valence-electron chi connectivity index (χ0n) is 18.9. The Kier molecular flexibility index (Phi) is 6.53. The van der Waals surface area contributed by atoms with Gasteiger partial charge in [-0.3, -0.25) is 9.36 Å². The normalized spacial score (nSPS) is 15.9. The van der Waals surface area contributed by atoms with Gasteiger partial charge in [-0.15, -0.1) is 11.3 Å². The lowest BCUT2D eigenvalue weighted by Gasteiger charge is -2.24. The van der Waals surface area contributed by atoms with Crippen molar-refractivity contribution in [2.24, 2.45) is 4.99 Å². The topological polar surface area (TPSA) is 79.1 Å². The number of fused-ring (bicyclic) bond motifs is 1. The molecule has 0 amide bonds. The molecule has 7 nitrogen and oxygen atoms in total. The number of hydrogen-bond acceptors (Lipinski definition) is 8. The molecule has 0 N–H and O–H groups in total.